The summed E-state index contributed by atoms with van der Waals surface area (Å²) < 4.78 is 0. The van der Waals surface area contributed by atoms with Crippen molar-refractivity contribution in [3.05, 3.63) is 35.6 Å². The summed E-state index contributed by atoms with van der Waals surface area (Å²) in [6.07, 6.45) is 10.8. The molecule has 2 heterocycles. The van der Waals surface area contributed by atoms with E-state index in [0.29, 0.717) is 6.67 Å². The molecule has 0 atom stereocenters. The topological polar surface area (TPSA) is 36.4 Å². The van der Waals surface area contributed by atoms with E-state index < -0.39 is 0 Å². The first-order valence-electron chi connectivity index (χ1n) is 5.86. The molecule has 3 heteroatoms. The van der Waals surface area contributed by atoms with Crippen LogP contribution in [0.4, 0.5) is 0 Å². The van der Waals surface area contributed by atoms with Gasteiger partial charge in [-0.25, -0.2) is 0 Å². The fourth-order valence-electron chi connectivity index (χ4n) is 1.95. The highest BCUT2D eigenvalue weighted by atomic mass is 15.0. The predicted octanol–water partition coefficient (Wildman–Crippen LogP) is 1.76. The minimum atomic E-state index is 0.672. The second-order valence-corrected chi connectivity index (χ2v) is 4.12. The van der Waals surface area contributed by atoms with Crippen molar-refractivity contribution in [2.24, 2.45) is 4.99 Å². The molecule has 0 aromatic carbocycles. The summed E-state index contributed by atoms with van der Waals surface area (Å²) in [7, 11) is 0. The monoisotopic (exact) mass is 217 g/mol. The Hall–Kier alpha value is -1.35. The Bertz CT molecular complexity index is 361. The van der Waals surface area contributed by atoms with E-state index in [0.717, 1.165) is 31.6 Å². The van der Waals surface area contributed by atoms with E-state index in [4.69, 9.17) is 0 Å². The smallest absolute Gasteiger partial charge is 0.107 e. The molecule has 0 aromatic rings. The number of aliphatic imine (C=N–C) groups is 1. The molecule has 0 spiro atoms. The van der Waals surface area contributed by atoms with Gasteiger partial charge in [0.1, 0.15) is 6.67 Å². The molecule has 2 aliphatic heterocycles. The Morgan fingerprint density at radius 2 is 2.25 bits per heavy atom. The molecule has 0 bridgehead atoms. The first-order valence-corrected chi connectivity index (χ1v) is 5.86. The minimum Gasteiger partial charge on any atom is -0.372 e. The van der Waals surface area contributed by atoms with Crippen molar-refractivity contribution in [3.63, 3.8) is 0 Å². The zero-order valence-corrected chi connectivity index (χ0v) is 9.79. The lowest BCUT2D eigenvalue weighted by Crippen LogP contribution is -2.21. The molecule has 0 saturated heterocycles. The van der Waals surface area contributed by atoms with Gasteiger partial charge in [0.15, 0.2) is 0 Å². The Labute approximate surface area is 97.0 Å². The van der Waals surface area contributed by atoms with Crippen LogP contribution in [0.15, 0.2) is 40.6 Å². The van der Waals surface area contributed by atoms with Gasteiger partial charge in [-0.1, -0.05) is 12.2 Å². The molecule has 0 radical (unpaired) electrons. The fraction of sp³-hybridized carbons (Fsp3) is 0.462. The molecule has 3 nitrogen and oxygen atoms in total. The van der Waals surface area contributed by atoms with Crippen molar-refractivity contribution < 1.29 is 0 Å². The first kappa shape index (κ1) is 11.1. The molecular weight excluding hydrogens is 198 g/mol. The highest BCUT2D eigenvalue weighted by Gasteiger charge is 2.07. The van der Waals surface area contributed by atoms with Gasteiger partial charge >= 0.3 is 0 Å². The molecule has 2 aliphatic rings. The molecule has 0 aromatic heterocycles. The maximum Gasteiger partial charge on any atom is 0.107 e. The third-order valence-electron chi connectivity index (χ3n) is 2.87. The summed E-state index contributed by atoms with van der Waals surface area (Å²) in [6.45, 7) is 4.78. The second-order valence-electron chi connectivity index (χ2n) is 4.12. The Morgan fingerprint density at radius 3 is 3.06 bits per heavy atom. The van der Waals surface area contributed by atoms with E-state index in [9.17, 15) is 0 Å². The van der Waals surface area contributed by atoms with Gasteiger partial charge < -0.3 is 10.6 Å². The van der Waals surface area contributed by atoms with Crippen LogP contribution in [-0.2, 0) is 0 Å². The maximum atomic E-state index is 4.37. The molecule has 0 fully saturated rings. The molecular formula is C13H19N3. The van der Waals surface area contributed by atoms with Crippen molar-refractivity contribution in [2.45, 2.75) is 19.8 Å². The van der Waals surface area contributed by atoms with Crippen LogP contribution in [0.3, 0.4) is 0 Å². The molecule has 0 saturated carbocycles. The van der Waals surface area contributed by atoms with Crippen molar-refractivity contribution in [1.82, 2.24) is 10.6 Å². The highest BCUT2D eigenvalue weighted by molar-refractivity contribution is 5.92. The van der Waals surface area contributed by atoms with Gasteiger partial charge in [-0.3, -0.25) is 4.99 Å². The number of rotatable bonds is 1. The number of nitrogens with zero attached hydrogens (tertiary/aromatic N) is 1. The summed E-state index contributed by atoms with van der Waals surface area (Å²) in [6, 6.07) is 0. The lowest BCUT2D eigenvalue weighted by atomic mass is 9.98. The largest absolute Gasteiger partial charge is 0.372 e. The van der Waals surface area contributed by atoms with E-state index in [1.54, 1.807) is 0 Å². The van der Waals surface area contributed by atoms with Crippen molar-refractivity contribution in [3.8, 4) is 0 Å². The van der Waals surface area contributed by atoms with Crippen LogP contribution in [0.25, 0.3) is 0 Å². The normalized spacial score (nSPS) is 30.4. The average Bonchev–Trinajstić information content (AvgIpc) is 2.42. The van der Waals surface area contributed by atoms with Crippen LogP contribution in [0, 0.1) is 0 Å². The summed E-state index contributed by atoms with van der Waals surface area (Å²) in [4.78, 5) is 4.37. The van der Waals surface area contributed by atoms with Crippen LogP contribution in [0.2, 0.25) is 0 Å². The average molecular weight is 217 g/mol. The molecule has 0 aliphatic carbocycles. The number of hydrogen-bond acceptors (Lipinski definition) is 3. The minimum absolute atomic E-state index is 0.672. The van der Waals surface area contributed by atoms with E-state index in [1.807, 2.05) is 6.92 Å². The lowest BCUT2D eigenvalue weighted by Gasteiger charge is -2.16. The molecule has 0 unspecified atom stereocenters. The second kappa shape index (κ2) is 5.66. The van der Waals surface area contributed by atoms with E-state index >= 15 is 0 Å². The summed E-state index contributed by atoms with van der Waals surface area (Å²) in [5.41, 5.74) is 3.94. The van der Waals surface area contributed by atoms with Crippen LogP contribution < -0.4 is 10.6 Å². The number of allylic oxidation sites excluding steroid dienone is 3. The van der Waals surface area contributed by atoms with Crippen LogP contribution in [-0.4, -0.2) is 25.5 Å². The van der Waals surface area contributed by atoms with Gasteiger partial charge in [0, 0.05) is 18.5 Å². The maximum absolute atomic E-state index is 4.37. The quantitative estimate of drug-likeness (QED) is 0.702. The predicted molar refractivity (Wildman–Crippen MR) is 68.5 cm³/mol. The third-order valence-corrected chi connectivity index (χ3v) is 2.87. The Morgan fingerprint density at radius 1 is 1.31 bits per heavy atom. The third kappa shape index (κ3) is 3.07. The molecule has 16 heavy (non-hydrogen) atoms. The van der Waals surface area contributed by atoms with Gasteiger partial charge in [-0.15, -0.1) is 0 Å². The van der Waals surface area contributed by atoms with Crippen molar-refractivity contribution in [2.75, 3.05) is 19.8 Å². The first-order chi connectivity index (χ1) is 7.86. The van der Waals surface area contributed by atoms with Gasteiger partial charge in [-0.05, 0) is 43.5 Å². The summed E-state index contributed by atoms with van der Waals surface area (Å²) in [5.74, 6) is 0. The van der Waals surface area contributed by atoms with E-state index in [1.165, 1.54) is 11.1 Å². The van der Waals surface area contributed by atoms with Gasteiger partial charge in [-0.2, -0.15) is 0 Å². The van der Waals surface area contributed by atoms with Crippen molar-refractivity contribution in [1.29, 1.82) is 0 Å². The molecule has 2 rings (SSSR count). The van der Waals surface area contributed by atoms with Crippen LogP contribution >= 0.6 is 0 Å². The van der Waals surface area contributed by atoms with Gasteiger partial charge in [0.25, 0.3) is 0 Å². The lowest BCUT2D eigenvalue weighted by molar-refractivity contribution is 0.703. The standard InChI is InChI=1S/C13H19N3/c1-11-3-2-4-13(9-15-10-16-11)12-5-7-14-8-6-12/h2-3,5,9,14-15H,4,6-8,10H2,1H3/b3-2-,13-9+,16-11-. The van der Waals surface area contributed by atoms with E-state index in [-0.39, 0.29) is 0 Å². The summed E-state index contributed by atoms with van der Waals surface area (Å²) in [5, 5.41) is 6.59. The number of nitrogens with one attached hydrogen (secondary N) is 2. The zero-order chi connectivity index (χ0) is 11.2. The Balaban J connectivity index is 2.09. The zero-order valence-electron chi connectivity index (χ0n) is 9.79. The van der Waals surface area contributed by atoms with Gasteiger partial charge in [0.2, 0.25) is 0 Å². The van der Waals surface area contributed by atoms with Crippen molar-refractivity contribution >= 4 is 5.71 Å². The Kier molecular flexibility index (Phi) is 3.94. The summed E-state index contributed by atoms with van der Waals surface area (Å²) >= 11 is 0. The van der Waals surface area contributed by atoms with Gasteiger partial charge in [0.05, 0.1) is 0 Å². The van der Waals surface area contributed by atoms with Crippen LogP contribution in [0.5, 0.6) is 0 Å². The molecule has 0 amide bonds. The van der Waals surface area contributed by atoms with E-state index in [2.05, 4.69) is 40.1 Å². The molecule has 2 N–H and O–H groups in total. The molecule has 86 valence electrons. The van der Waals surface area contributed by atoms with Crippen LogP contribution in [0.1, 0.15) is 19.8 Å². The highest BCUT2D eigenvalue weighted by Crippen LogP contribution is 2.19. The number of hydrogen-bond donors (Lipinski definition) is 2. The SMILES string of the molecule is CC1=N/CN/C=C(/C2=CCNCC2)C/C=C\1. The fourth-order valence-corrected chi connectivity index (χ4v) is 1.95.